The van der Waals surface area contributed by atoms with Gasteiger partial charge >= 0.3 is 0 Å². The zero-order valence-corrected chi connectivity index (χ0v) is 10.0. The molecule has 1 rings (SSSR count). The van der Waals surface area contributed by atoms with Crippen LogP contribution in [0.2, 0.25) is 0 Å². The van der Waals surface area contributed by atoms with E-state index in [0.717, 1.165) is 0 Å². The highest BCUT2D eigenvalue weighted by Crippen LogP contribution is 2.16. The van der Waals surface area contributed by atoms with Crippen LogP contribution in [0.15, 0.2) is 46.0 Å². The Balaban J connectivity index is 2.94. The van der Waals surface area contributed by atoms with Gasteiger partial charge in [-0.3, -0.25) is 9.59 Å². The number of carbonyl (C=O) groups excluding carboxylic acids is 2. The van der Waals surface area contributed by atoms with Gasteiger partial charge in [0.1, 0.15) is 5.76 Å². The van der Waals surface area contributed by atoms with E-state index >= 15 is 0 Å². The predicted octanol–water partition coefficient (Wildman–Crippen LogP) is 2.25. The van der Waals surface area contributed by atoms with Gasteiger partial charge in [-0.15, -0.1) is 5.11 Å². The van der Waals surface area contributed by atoms with E-state index in [-0.39, 0.29) is 17.2 Å². The number of aliphatic hydroxyl groups is 1. The van der Waals surface area contributed by atoms with Gasteiger partial charge < -0.3 is 10.8 Å². The van der Waals surface area contributed by atoms with Gasteiger partial charge in [-0.25, -0.2) is 0 Å². The zero-order valence-electron chi connectivity index (χ0n) is 10.0. The summed E-state index contributed by atoms with van der Waals surface area (Å²) in [6, 6.07) is 6.07. The van der Waals surface area contributed by atoms with Crippen molar-refractivity contribution in [1.29, 1.82) is 0 Å². The molecule has 1 aromatic carbocycles. The van der Waals surface area contributed by atoms with Gasteiger partial charge in [0, 0.05) is 12.5 Å². The molecule has 0 atom stereocenters. The molecule has 0 bridgehead atoms. The first-order valence-electron chi connectivity index (χ1n) is 5.14. The van der Waals surface area contributed by atoms with Gasteiger partial charge in [-0.2, -0.15) is 5.11 Å². The van der Waals surface area contributed by atoms with Gasteiger partial charge in [0.15, 0.2) is 11.5 Å². The van der Waals surface area contributed by atoms with Gasteiger partial charge in [0.2, 0.25) is 5.91 Å². The molecule has 3 N–H and O–H groups in total. The van der Waals surface area contributed by atoms with E-state index in [9.17, 15) is 14.7 Å². The Morgan fingerprint density at radius 3 is 2.11 bits per heavy atom. The van der Waals surface area contributed by atoms with Crippen LogP contribution in [0.25, 0.3) is 0 Å². The van der Waals surface area contributed by atoms with Crippen LogP contribution >= 0.6 is 0 Å². The summed E-state index contributed by atoms with van der Waals surface area (Å²) >= 11 is 0. The minimum absolute atomic E-state index is 0.103. The molecule has 0 aliphatic rings. The number of hydrogen-bond donors (Lipinski definition) is 2. The van der Waals surface area contributed by atoms with E-state index in [1.807, 2.05) is 0 Å². The van der Waals surface area contributed by atoms with Crippen LogP contribution in [0.5, 0.6) is 0 Å². The van der Waals surface area contributed by atoms with Crippen molar-refractivity contribution in [2.75, 3.05) is 0 Å². The number of aliphatic hydroxyl groups excluding tert-OH is 1. The molecule has 0 radical (unpaired) electrons. The second kappa shape index (κ2) is 5.72. The second-order valence-electron chi connectivity index (χ2n) is 3.60. The summed E-state index contributed by atoms with van der Waals surface area (Å²) in [6.45, 7) is 2.64. The van der Waals surface area contributed by atoms with Crippen molar-refractivity contribution in [3.8, 4) is 0 Å². The maximum Gasteiger partial charge on any atom is 0.248 e. The zero-order chi connectivity index (χ0) is 13.7. The molecular weight excluding hydrogens is 234 g/mol. The van der Waals surface area contributed by atoms with Crippen molar-refractivity contribution >= 4 is 17.4 Å². The summed E-state index contributed by atoms with van der Waals surface area (Å²) in [5.41, 5.74) is 5.79. The number of allylic oxidation sites excluding steroid dienone is 2. The lowest BCUT2D eigenvalue weighted by Crippen LogP contribution is -2.10. The molecule has 18 heavy (non-hydrogen) atoms. The first-order valence-corrected chi connectivity index (χ1v) is 5.14. The van der Waals surface area contributed by atoms with Crippen LogP contribution in [0, 0.1) is 0 Å². The van der Waals surface area contributed by atoms with Crippen molar-refractivity contribution in [3.05, 3.63) is 41.3 Å². The fourth-order valence-corrected chi connectivity index (χ4v) is 1.20. The minimum atomic E-state index is -0.533. The molecule has 6 heteroatoms. The minimum Gasteiger partial charge on any atom is -0.510 e. The SMILES string of the molecule is CC(=O)C(N=Nc1ccc(C(N)=O)cc1)=C(C)O. The Hall–Kier alpha value is -2.50. The van der Waals surface area contributed by atoms with E-state index in [0.29, 0.717) is 11.3 Å². The molecule has 0 saturated carbocycles. The van der Waals surface area contributed by atoms with Gasteiger partial charge in [-0.05, 0) is 31.2 Å². The first-order chi connectivity index (χ1) is 8.41. The van der Waals surface area contributed by atoms with Crippen LogP contribution < -0.4 is 5.73 Å². The summed E-state index contributed by atoms with van der Waals surface area (Å²) in [4.78, 5) is 22.0. The molecule has 0 aliphatic carbocycles. The average Bonchev–Trinajstić information content (AvgIpc) is 2.28. The normalized spacial score (nSPS) is 12.3. The van der Waals surface area contributed by atoms with Crippen LogP contribution in [-0.2, 0) is 4.79 Å². The molecular formula is C12H13N3O3. The molecule has 0 spiro atoms. The number of nitrogens with zero attached hydrogens (tertiary/aromatic N) is 2. The number of azo groups is 1. The molecule has 0 unspecified atom stereocenters. The Morgan fingerprint density at radius 1 is 1.17 bits per heavy atom. The number of nitrogens with two attached hydrogens (primary N) is 1. The quantitative estimate of drug-likeness (QED) is 0.484. The maximum absolute atomic E-state index is 11.1. The first kappa shape index (κ1) is 13.6. The third kappa shape index (κ3) is 3.51. The number of primary amides is 1. The highest BCUT2D eigenvalue weighted by atomic mass is 16.3. The van der Waals surface area contributed by atoms with Crippen LogP contribution in [0.3, 0.4) is 0 Å². The summed E-state index contributed by atoms with van der Waals surface area (Å²) in [5.74, 6) is -1.11. The highest BCUT2D eigenvalue weighted by molar-refractivity contribution is 5.93. The Labute approximate surface area is 104 Å². The monoisotopic (exact) mass is 247 g/mol. The largest absolute Gasteiger partial charge is 0.510 e. The smallest absolute Gasteiger partial charge is 0.248 e. The van der Waals surface area contributed by atoms with Crippen LogP contribution in [0.1, 0.15) is 24.2 Å². The number of ketones is 1. The Kier molecular flexibility index (Phi) is 4.31. The van der Waals surface area contributed by atoms with E-state index in [1.165, 1.54) is 38.1 Å². The Bertz CT molecular complexity index is 526. The molecule has 6 nitrogen and oxygen atoms in total. The van der Waals surface area contributed by atoms with Crippen molar-refractivity contribution < 1.29 is 14.7 Å². The van der Waals surface area contributed by atoms with E-state index in [4.69, 9.17) is 5.73 Å². The molecule has 0 aliphatic heterocycles. The lowest BCUT2D eigenvalue weighted by molar-refractivity contribution is -0.113. The van der Waals surface area contributed by atoms with E-state index in [1.54, 1.807) is 0 Å². The molecule has 94 valence electrons. The topological polar surface area (TPSA) is 105 Å². The van der Waals surface area contributed by atoms with Gasteiger partial charge in [-0.1, -0.05) is 0 Å². The number of hydrogen-bond acceptors (Lipinski definition) is 5. The lowest BCUT2D eigenvalue weighted by atomic mass is 10.2. The molecule has 1 aromatic rings. The molecule has 0 fully saturated rings. The second-order valence-corrected chi connectivity index (χ2v) is 3.60. The third-order valence-corrected chi connectivity index (χ3v) is 2.09. The number of benzene rings is 1. The molecule has 0 heterocycles. The fourth-order valence-electron chi connectivity index (χ4n) is 1.20. The average molecular weight is 247 g/mol. The van der Waals surface area contributed by atoms with Crippen molar-refractivity contribution in [2.24, 2.45) is 16.0 Å². The summed E-state index contributed by atoms with van der Waals surface area (Å²) in [7, 11) is 0. The Morgan fingerprint density at radius 2 is 1.72 bits per heavy atom. The summed E-state index contributed by atoms with van der Waals surface area (Å²) < 4.78 is 0. The molecule has 0 saturated heterocycles. The van der Waals surface area contributed by atoms with Gasteiger partial charge in [0.05, 0.1) is 5.69 Å². The van der Waals surface area contributed by atoms with Crippen molar-refractivity contribution in [2.45, 2.75) is 13.8 Å². The lowest BCUT2D eigenvalue weighted by Gasteiger charge is -1.98. The highest BCUT2D eigenvalue weighted by Gasteiger charge is 2.06. The number of rotatable bonds is 4. The maximum atomic E-state index is 11.1. The predicted molar refractivity (Wildman–Crippen MR) is 65.5 cm³/mol. The number of carbonyl (C=O) groups is 2. The summed E-state index contributed by atoms with van der Waals surface area (Å²) in [5, 5.41) is 16.7. The van der Waals surface area contributed by atoms with Crippen LogP contribution in [-0.4, -0.2) is 16.8 Å². The standard InChI is InChI=1S/C12H13N3O3/c1-7(16)11(8(2)17)15-14-10-5-3-9(4-6-10)12(13)18/h3-6,16H,1-2H3,(H2,13,18). The van der Waals surface area contributed by atoms with Crippen LogP contribution in [0.4, 0.5) is 5.69 Å². The molecule has 0 aromatic heterocycles. The van der Waals surface area contributed by atoms with Crippen molar-refractivity contribution in [1.82, 2.24) is 0 Å². The number of amides is 1. The number of Topliss-reactive ketones (excluding diaryl/α,β-unsaturated/α-hetero) is 1. The van der Waals surface area contributed by atoms with Crippen molar-refractivity contribution in [3.63, 3.8) is 0 Å². The molecule has 1 amide bonds. The summed E-state index contributed by atoms with van der Waals surface area (Å²) in [6.07, 6.45) is 0. The fraction of sp³-hybridized carbons (Fsp3) is 0.167. The van der Waals surface area contributed by atoms with E-state index < -0.39 is 5.91 Å². The third-order valence-electron chi connectivity index (χ3n) is 2.09. The van der Waals surface area contributed by atoms with Gasteiger partial charge in [0.25, 0.3) is 0 Å². The van der Waals surface area contributed by atoms with E-state index in [2.05, 4.69) is 10.2 Å².